The van der Waals surface area contributed by atoms with Gasteiger partial charge in [-0.1, -0.05) is 33.6 Å². The van der Waals surface area contributed by atoms with Gasteiger partial charge in [0.25, 0.3) is 0 Å². The topological polar surface area (TPSA) is 0 Å². The summed E-state index contributed by atoms with van der Waals surface area (Å²) in [5.41, 5.74) is 0.766. The quantitative estimate of drug-likeness (QED) is 0.606. The lowest BCUT2D eigenvalue weighted by Gasteiger charge is -2.47. The Morgan fingerprint density at radius 1 is 1.31 bits per heavy atom. The van der Waals surface area contributed by atoms with Crippen molar-refractivity contribution >= 4 is 0 Å². The van der Waals surface area contributed by atoms with Gasteiger partial charge in [-0.3, -0.25) is 0 Å². The van der Waals surface area contributed by atoms with E-state index in [4.69, 9.17) is 0 Å². The van der Waals surface area contributed by atoms with Gasteiger partial charge in [0.1, 0.15) is 0 Å². The fourth-order valence-electron chi connectivity index (χ4n) is 3.44. The highest BCUT2D eigenvalue weighted by atomic mass is 14.6. The molecule has 2 atom stereocenters. The van der Waals surface area contributed by atoms with Crippen molar-refractivity contribution in [3.05, 3.63) is 5.92 Å². The smallest absolute Gasteiger partial charge is 0.0143 e. The summed E-state index contributed by atoms with van der Waals surface area (Å²) in [7, 11) is 0. The maximum absolute atomic E-state index is 2.43. The van der Waals surface area contributed by atoms with E-state index >= 15 is 0 Å². The Balaban J connectivity index is 1.94. The van der Waals surface area contributed by atoms with E-state index < -0.39 is 0 Å². The summed E-state index contributed by atoms with van der Waals surface area (Å²) >= 11 is 0. The van der Waals surface area contributed by atoms with E-state index in [1.165, 1.54) is 38.5 Å². The van der Waals surface area contributed by atoms with Gasteiger partial charge in [-0.15, -0.1) is 0 Å². The summed E-state index contributed by atoms with van der Waals surface area (Å²) in [6.45, 7) is 7.13. The Labute approximate surface area is 83.1 Å². The van der Waals surface area contributed by atoms with Gasteiger partial charge in [0.05, 0.1) is 0 Å². The third-order valence-corrected chi connectivity index (χ3v) is 4.38. The van der Waals surface area contributed by atoms with Gasteiger partial charge in [-0.25, -0.2) is 0 Å². The minimum Gasteiger partial charge on any atom is -0.0654 e. The summed E-state index contributed by atoms with van der Waals surface area (Å²) in [5, 5.41) is 0. The van der Waals surface area contributed by atoms with Crippen LogP contribution in [0.25, 0.3) is 0 Å². The molecule has 2 rings (SSSR count). The summed E-state index contributed by atoms with van der Waals surface area (Å²) in [5.74, 6) is 3.95. The molecule has 2 aliphatic carbocycles. The molecule has 13 heavy (non-hydrogen) atoms. The van der Waals surface area contributed by atoms with E-state index in [0.29, 0.717) is 0 Å². The van der Waals surface area contributed by atoms with E-state index in [1.807, 2.05) is 5.92 Å². The molecule has 1 radical (unpaired) electrons. The van der Waals surface area contributed by atoms with E-state index in [2.05, 4.69) is 20.8 Å². The molecule has 0 nitrogen and oxygen atoms in total. The average molecular weight is 179 g/mol. The van der Waals surface area contributed by atoms with E-state index in [9.17, 15) is 0 Å². The van der Waals surface area contributed by atoms with Crippen LogP contribution in [0.1, 0.15) is 59.3 Å². The summed E-state index contributed by atoms with van der Waals surface area (Å²) in [4.78, 5) is 0. The molecule has 2 saturated carbocycles. The zero-order valence-corrected chi connectivity index (χ0v) is 9.40. The molecular formula is C13H23. The molecular weight excluding hydrogens is 156 g/mol. The molecule has 0 heteroatoms. The monoisotopic (exact) mass is 179 g/mol. The van der Waals surface area contributed by atoms with Crippen LogP contribution in [-0.4, -0.2) is 0 Å². The van der Waals surface area contributed by atoms with Crippen molar-refractivity contribution in [2.45, 2.75) is 59.3 Å². The Hall–Kier alpha value is 0. The van der Waals surface area contributed by atoms with Gasteiger partial charge in [0.2, 0.25) is 0 Å². The van der Waals surface area contributed by atoms with Crippen LogP contribution in [0.4, 0.5) is 0 Å². The van der Waals surface area contributed by atoms with Gasteiger partial charge < -0.3 is 0 Å². The number of hydrogen-bond acceptors (Lipinski definition) is 0. The zero-order valence-electron chi connectivity index (χ0n) is 9.40. The van der Waals surface area contributed by atoms with Crippen LogP contribution in [0.2, 0.25) is 0 Å². The van der Waals surface area contributed by atoms with Crippen LogP contribution in [-0.2, 0) is 0 Å². The fourth-order valence-corrected chi connectivity index (χ4v) is 3.44. The van der Waals surface area contributed by atoms with Crippen LogP contribution < -0.4 is 0 Å². The lowest BCUT2D eigenvalue weighted by atomic mass is 9.57. The SMILES string of the molecule is CCCC1([C]2CC(C)C2CC)CC1. The van der Waals surface area contributed by atoms with Gasteiger partial charge in [-0.05, 0) is 48.9 Å². The molecule has 0 spiro atoms. The lowest BCUT2D eigenvalue weighted by molar-refractivity contribution is 0.165. The van der Waals surface area contributed by atoms with E-state index in [0.717, 1.165) is 17.3 Å². The minimum absolute atomic E-state index is 0.766. The molecule has 0 bridgehead atoms. The molecule has 75 valence electrons. The standard InChI is InChI=1S/C13H23/c1-4-6-13(7-8-13)12-9-10(3)11(12)5-2/h10-11H,4-9H2,1-3H3. The predicted octanol–water partition coefficient (Wildman–Crippen LogP) is 4.21. The van der Waals surface area contributed by atoms with Crippen molar-refractivity contribution in [3.8, 4) is 0 Å². The van der Waals surface area contributed by atoms with Crippen molar-refractivity contribution in [1.29, 1.82) is 0 Å². The van der Waals surface area contributed by atoms with Crippen molar-refractivity contribution < 1.29 is 0 Å². The van der Waals surface area contributed by atoms with Crippen molar-refractivity contribution in [2.24, 2.45) is 17.3 Å². The first-order valence-corrected chi connectivity index (χ1v) is 6.09. The average Bonchev–Trinajstić information content (AvgIpc) is 2.83. The second kappa shape index (κ2) is 3.29. The van der Waals surface area contributed by atoms with Crippen LogP contribution in [0, 0.1) is 23.2 Å². The maximum Gasteiger partial charge on any atom is -0.0143 e. The minimum atomic E-state index is 0.766. The molecule has 2 fully saturated rings. The Morgan fingerprint density at radius 2 is 2.00 bits per heavy atom. The first-order valence-electron chi connectivity index (χ1n) is 6.09. The molecule has 0 saturated heterocycles. The Kier molecular flexibility index (Phi) is 2.42. The van der Waals surface area contributed by atoms with Crippen LogP contribution in [0.5, 0.6) is 0 Å². The van der Waals surface area contributed by atoms with Gasteiger partial charge >= 0.3 is 0 Å². The highest BCUT2D eigenvalue weighted by Crippen LogP contribution is 2.66. The lowest BCUT2D eigenvalue weighted by Crippen LogP contribution is -2.38. The van der Waals surface area contributed by atoms with Gasteiger partial charge in [0, 0.05) is 0 Å². The molecule has 0 N–H and O–H groups in total. The normalized spacial score (nSPS) is 37.2. The highest BCUT2D eigenvalue weighted by Gasteiger charge is 2.56. The number of rotatable bonds is 4. The molecule has 0 aliphatic heterocycles. The second-order valence-electron chi connectivity index (χ2n) is 5.25. The third-order valence-electron chi connectivity index (χ3n) is 4.38. The van der Waals surface area contributed by atoms with Gasteiger partial charge in [-0.2, -0.15) is 0 Å². The highest BCUT2D eigenvalue weighted by molar-refractivity contribution is 5.24. The van der Waals surface area contributed by atoms with E-state index in [-0.39, 0.29) is 0 Å². The summed E-state index contributed by atoms with van der Waals surface area (Å²) in [6, 6.07) is 0. The van der Waals surface area contributed by atoms with Crippen molar-refractivity contribution in [3.63, 3.8) is 0 Å². The first-order chi connectivity index (χ1) is 6.23. The van der Waals surface area contributed by atoms with Crippen LogP contribution in [0.15, 0.2) is 0 Å². The third kappa shape index (κ3) is 1.43. The molecule has 0 aromatic rings. The molecule has 2 aliphatic rings. The second-order valence-corrected chi connectivity index (χ2v) is 5.25. The Bertz CT molecular complexity index is 178. The van der Waals surface area contributed by atoms with Crippen molar-refractivity contribution in [1.82, 2.24) is 0 Å². The molecule has 0 heterocycles. The molecule has 0 aromatic carbocycles. The molecule has 2 unspecified atom stereocenters. The van der Waals surface area contributed by atoms with Gasteiger partial charge in [0.15, 0.2) is 0 Å². The van der Waals surface area contributed by atoms with Crippen LogP contribution in [0.3, 0.4) is 0 Å². The van der Waals surface area contributed by atoms with Crippen LogP contribution >= 0.6 is 0 Å². The zero-order chi connectivity index (χ0) is 9.47. The predicted molar refractivity (Wildman–Crippen MR) is 57.4 cm³/mol. The largest absolute Gasteiger partial charge is 0.0654 e. The Morgan fingerprint density at radius 3 is 2.38 bits per heavy atom. The number of hydrogen-bond donors (Lipinski definition) is 0. The fraction of sp³-hybridized carbons (Fsp3) is 0.923. The summed E-state index contributed by atoms with van der Waals surface area (Å²) in [6.07, 6.45) is 8.74. The molecule has 0 amide bonds. The van der Waals surface area contributed by atoms with Crippen molar-refractivity contribution in [2.75, 3.05) is 0 Å². The summed E-state index contributed by atoms with van der Waals surface area (Å²) < 4.78 is 0. The molecule has 0 aromatic heterocycles. The maximum atomic E-state index is 2.43. The first kappa shape index (κ1) is 9.55. The van der Waals surface area contributed by atoms with E-state index in [1.54, 1.807) is 0 Å².